The van der Waals surface area contributed by atoms with Crippen LogP contribution in [-0.4, -0.2) is 16.3 Å². The number of carbonyl (C=O) groups excluding carboxylic acids is 1. The molecule has 5 heteroatoms. The molecule has 94 valence electrons. The predicted molar refractivity (Wildman–Crippen MR) is 75.1 cm³/mol. The number of rotatable bonds is 4. The van der Waals surface area contributed by atoms with Crippen LogP contribution in [0.25, 0.3) is 0 Å². The van der Waals surface area contributed by atoms with E-state index < -0.39 is 0 Å². The number of amides is 1. The lowest BCUT2D eigenvalue weighted by atomic mass is 10.1. The van der Waals surface area contributed by atoms with Gasteiger partial charge in [0.25, 0.3) is 0 Å². The minimum Gasteiger partial charge on any atom is -0.303 e. The van der Waals surface area contributed by atoms with Gasteiger partial charge < -0.3 is 5.32 Å². The molecule has 1 unspecified atom stereocenters. The summed E-state index contributed by atoms with van der Waals surface area (Å²) >= 11 is 1.42. The normalized spacial score (nSPS) is 21.5. The molecule has 0 bridgehead atoms. The van der Waals surface area contributed by atoms with Crippen LogP contribution in [0.3, 0.4) is 0 Å². The third kappa shape index (κ3) is 3.63. The minimum absolute atomic E-state index is 0.00816. The van der Waals surface area contributed by atoms with Crippen molar-refractivity contribution < 1.29 is 4.79 Å². The monoisotopic (exact) mass is 261 g/mol. The number of hydrogen-bond donors (Lipinski definition) is 2. The number of hydrazone groups is 1. The number of nitrogens with zero attached hydrogens (tertiary/aromatic N) is 1. The number of nitrogens with one attached hydrogen (secondary N) is 2. The lowest BCUT2D eigenvalue weighted by Crippen LogP contribution is -2.24. The molecule has 1 aliphatic rings. The van der Waals surface area contributed by atoms with Gasteiger partial charge in [0.15, 0.2) is 5.17 Å². The highest BCUT2D eigenvalue weighted by atomic mass is 32.2. The molecular formula is C13H15N3OS. The molecule has 0 aromatic heterocycles. The van der Waals surface area contributed by atoms with Gasteiger partial charge in [-0.3, -0.25) is 10.2 Å². The van der Waals surface area contributed by atoms with Gasteiger partial charge >= 0.3 is 0 Å². The van der Waals surface area contributed by atoms with E-state index in [2.05, 4.69) is 28.0 Å². The van der Waals surface area contributed by atoms with Gasteiger partial charge in [0.05, 0.1) is 5.25 Å². The number of amidine groups is 1. The first-order valence-corrected chi connectivity index (χ1v) is 6.63. The Labute approximate surface area is 111 Å². The van der Waals surface area contributed by atoms with Crippen molar-refractivity contribution in [3.05, 3.63) is 48.2 Å². The summed E-state index contributed by atoms with van der Waals surface area (Å²) in [6.07, 6.45) is 4.62. The summed E-state index contributed by atoms with van der Waals surface area (Å²) in [5.74, 6) is 0.00816. The zero-order chi connectivity index (χ0) is 12.8. The van der Waals surface area contributed by atoms with E-state index in [9.17, 15) is 4.79 Å². The smallest absolute Gasteiger partial charge is 0.239 e. The molecule has 2 rings (SSSR count). The standard InChI is InChI=1S/C13H15N3OS/c1-10-12(17)15-13(18-10)16-14-9-5-8-11-6-3-2-4-7-11/h2-7,9-10,14H,8H2,1H3,(H,15,16,17). The molecule has 1 atom stereocenters. The molecule has 1 aromatic carbocycles. The molecule has 0 saturated carbocycles. The quantitative estimate of drug-likeness (QED) is 0.813. The van der Waals surface area contributed by atoms with E-state index in [0.29, 0.717) is 5.17 Å². The Hall–Kier alpha value is -1.75. The van der Waals surface area contributed by atoms with Crippen molar-refractivity contribution in [2.45, 2.75) is 18.6 Å². The van der Waals surface area contributed by atoms with Gasteiger partial charge in [-0.2, -0.15) is 5.10 Å². The Morgan fingerprint density at radius 3 is 2.89 bits per heavy atom. The van der Waals surface area contributed by atoms with Crippen LogP contribution in [0, 0.1) is 0 Å². The average Bonchev–Trinajstić information content (AvgIpc) is 2.70. The lowest BCUT2D eigenvalue weighted by molar-refractivity contribution is -0.118. The van der Waals surface area contributed by atoms with E-state index in [1.54, 1.807) is 6.20 Å². The van der Waals surface area contributed by atoms with E-state index >= 15 is 0 Å². The number of allylic oxidation sites excluding steroid dienone is 1. The Balaban J connectivity index is 1.76. The van der Waals surface area contributed by atoms with E-state index in [-0.39, 0.29) is 11.2 Å². The van der Waals surface area contributed by atoms with E-state index in [4.69, 9.17) is 0 Å². The van der Waals surface area contributed by atoms with Crippen molar-refractivity contribution >= 4 is 22.8 Å². The van der Waals surface area contributed by atoms with Gasteiger partial charge in [0.2, 0.25) is 5.91 Å². The molecule has 0 spiro atoms. The summed E-state index contributed by atoms with van der Waals surface area (Å²) in [7, 11) is 0. The van der Waals surface area contributed by atoms with Crippen LogP contribution in [-0.2, 0) is 11.2 Å². The first-order chi connectivity index (χ1) is 8.75. The van der Waals surface area contributed by atoms with Gasteiger partial charge in [-0.15, -0.1) is 0 Å². The van der Waals surface area contributed by atoms with Crippen LogP contribution in [0.4, 0.5) is 0 Å². The molecule has 1 aliphatic heterocycles. The summed E-state index contributed by atoms with van der Waals surface area (Å²) in [5, 5.41) is 7.32. The second-order valence-electron chi connectivity index (χ2n) is 3.89. The van der Waals surface area contributed by atoms with Crippen LogP contribution in [0.1, 0.15) is 12.5 Å². The first kappa shape index (κ1) is 12.7. The molecule has 0 radical (unpaired) electrons. The summed E-state index contributed by atoms with van der Waals surface area (Å²) in [6, 6.07) is 10.2. The maximum absolute atomic E-state index is 11.2. The fourth-order valence-electron chi connectivity index (χ4n) is 1.47. The fraction of sp³-hybridized carbons (Fsp3) is 0.231. The first-order valence-electron chi connectivity index (χ1n) is 5.75. The summed E-state index contributed by atoms with van der Waals surface area (Å²) in [5.41, 5.74) is 4.06. The topological polar surface area (TPSA) is 53.5 Å². The molecule has 4 nitrogen and oxygen atoms in total. The van der Waals surface area contributed by atoms with E-state index in [1.165, 1.54) is 17.3 Å². The van der Waals surface area contributed by atoms with Crippen molar-refractivity contribution in [2.75, 3.05) is 0 Å². The number of thioether (sulfide) groups is 1. The minimum atomic E-state index is -0.0566. The van der Waals surface area contributed by atoms with Gasteiger partial charge in [-0.05, 0) is 18.9 Å². The zero-order valence-corrected chi connectivity index (χ0v) is 10.9. The lowest BCUT2D eigenvalue weighted by Gasteiger charge is -1.96. The highest BCUT2D eigenvalue weighted by Crippen LogP contribution is 2.17. The zero-order valence-electron chi connectivity index (χ0n) is 10.1. The van der Waals surface area contributed by atoms with Crippen molar-refractivity contribution in [1.29, 1.82) is 0 Å². The maximum atomic E-state index is 11.2. The van der Waals surface area contributed by atoms with Gasteiger partial charge in [-0.25, -0.2) is 0 Å². The Morgan fingerprint density at radius 2 is 2.22 bits per heavy atom. The molecule has 1 amide bonds. The van der Waals surface area contributed by atoms with Crippen molar-refractivity contribution in [2.24, 2.45) is 5.10 Å². The van der Waals surface area contributed by atoms with Crippen LogP contribution < -0.4 is 10.7 Å². The molecular weight excluding hydrogens is 246 g/mol. The van der Waals surface area contributed by atoms with Crippen molar-refractivity contribution in [1.82, 2.24) is 10.7 Å². The second-order valence-corrected chi connectivity index (χ2v) is 5.22. The SMILES string of the molecule is CC1SC(=NNC=CCc2ccccc2)NC1=O. The molecule has 0 aliphatic carbocycles. The molecule has 1 saturated heterocycles. The number of carbonyl (C=O) groups is 1. The molecule has 1 aromatic rings. The molecule has 1 heterocycles. The Kier molecular flexibility index (Phi) is 4.41. The van der Waals surface area contributed by atoms with Gasteiger partial charge in [0.1, 0.15) is 0 Å². The van der Waals surface area contributed by atoms with E-state index in [1.807, 2.05) is 31.2 Å². The third-order valence-corrected chi connectivity index (χ3v) is 3.43. The summed E-state index contributed by atoms with van der Waals surface area (Å²) < 4.78 is 0. The van der Waals surface area contributed by atoms with Crippen LogP contribution >= 0.6 is 11.8 Å². The van der Waals surface area contributed by atoms with E-state index in [0.717, 1.165) is 6.42 Å². The summed E-state index contributed by atoms with van der Waals surface area (Å²) in [6.45, 7) is 1.85. The predicted octanol–water partition coefficient (Wildman–Crippen LogP) is 1.85. The average molecular weight is 261 g/mol. The maximum Gasteiger partial charge on any atom is 0.239 e. The van der Waals surface area contributed by atoms with Crippen LogP contribution in [0.2, 0.25) is 0 Å². The number of hydrogen-bond acceptors (Lipinski definition) is 4. The van der Waals surface area contributed by atoms with Gasteiger partial charge in [0, 0.05) is 6.20 Å². The number of benzene rings is 1. The van der Waals surface area contributed by atoms with Crippen LogP contribution in [0.5, 0.6) is 0 Å². The molecule has 1 fully saturated rings. The van der Waals surface area contributed by atoms with Crippen molar-refractivity contribution in [3.8, 4) is 0 Å². The Morgan fingerprint density at radius 1 is 1.44 bits per heavy atom. The largest absolute Gasteiger partial charge is 0.303 e. The summed E-state index contributed by atoms with van der Waals surface area (Å²) in [4.78, 5) is 11.2. The highest BCUT2D eigenvalue weighted by molar-refractivity contribution is 8.15. The Bertz CT molecular complexity index is 470. The fourth-order valence-corrected chi connectivity index (χ4v) is 2.24. The highest BCUT2D eigenvalue weighted by Gasteiger charge is 2.25. The molecule has 2 N–H and O–H groups in total. The van der Waals surface area contributed by atoms with Gasteiger partial charge in [-0.1, -0.05) is 48.2 Å². The van der Waals surface area contributed by atoms with Crippen LogP contribution in [0.15, 0.2) is 47.7 Å². The second kappa shape index (κ2) is 6.26. The third-order valence-electron chi connectivity index (χ3n) is 2.44. The van der Waals surface area contributed by atoms with Crippen molar-refractivity contribution in [3.63, 3.8) is 0 Å². The molecule has 18 heavy (non-hydrogen) atoms.